The summed E-state index contributed by atoms with van der Waals surface area (Å²) < 4.78 is 5.28. The van der Waals surface area contributed by atoms with Crippen molar-refractivity contribution in [1.29, 1.82) is 0 Å². The molecule has 1 heterocycles. The maximum atomic E-state index is 13.5. The molecule has 2 amide bonds. The van der Waals surface area contributed by atoms with E-state index in [1.165, 1.54) is 17.7 Å². The van der Waals surface area contributed by atoms with Gasteiger partial charge in [-0.15, -0.1) is 0 Å². The van der Waals surface area contributed by atoms with Crippen molar-refractivity contribution in [2.75, 3.05) is 6.61 Å². The van der Waals surface area contributed by atoms with Crippen molar-refractivity contribution in [3.63, 3.8) is 0 Å². The molecule has 4 nitrogen and oxygen atoms in total. The summed E-state index contributed by atoms with van der Waals surface area (Å²) in [5.41, 5.74) is 1.13. The maximum Gasteiger partial charge on any atom is 0.416 e. The van der Waals surface area contributed by atoms with E-state index in [1.807, 2.05) is 30.3 Å². The Morgan fingerprint density at radius 3 is 2.73 bits per heavy atom. The lowest BCUT2D eigenvalue weighted by Gasteiger charge is -2.41. The summed E-state index contributed by atoms with van der Waals surface area (Å²) in [5.74, 6) is 0.895. The molecule has 5 atom stereocenters. The van der Waals surface area contributed by atoms with Crippen LogP contribution < -0.4 is 0 Å². The van der Waals surface area contributed by atoms with Crippen molar-refractivity contribution in [2.45, 2.75) is 45.1 Å². The van der Waals surface area contributed by atoms with Gasteiger partial charge >= 0.3 is 6.09 Å². The zero-order valence-corrected chi connectivity index (χ0v) is 15.3. The second-order valence-electron chi connectivity index (χ2n) is 8.01. The van der Waals surface area contributed by atoms with Crippen LogP contribution in [-0.4, -0.2) is 29.5 Å². The third-order valence-corrected chi connectivity index (χ3v) is 6.36. The van der Waals surface area contributed by atoms with E-state index in [4.69, 9.17) is 4.74 Å². The van der Waals surface area contributed by atoms with Gasteiger partial charge in [-0.25, -0.2) is 9.69 Å². The van der Waals surface area contributed by atoms with Crippen LogP contribution in [0.3, 0.4) is 0 Å². The van der Waals surface area contributed by atoms with E-state index in [-0.39, 0.29) is 23.8 Å². The predicted molar refractivity (Wildman–Crippen MR) is 99.4 cm³/mol. The highest BCUT2D eigenvalue weighted by atomic mass is 16.6. The third-order valence-electron chi connectivity index (χ3n) is 6.36. The number of nitrogens with zero attached hydrogens (tertiary/aromatic N) is 1. The number of fused-ring (bicyclic) bond motifs is 1. The van der Waals surface area contributed by atoms with Crippen molar-refractivity contribution in [3.05, 3.63) is 48.0 Å². The highest BCUT2D eigenvalue weighted by molar-refractivity contribution is 5.95. The van der Waals surface area contributed by atoms with Crippen LogP contribution in [0.25, 0.3) is 0 Å². The second-order valence-corrected chi connectivity index (χ2v) is 8.01. The van der Waals surface area contributed by atoms with Gasteiger partial charge in [0.1, 0.15) is 6.61 Å². The Bertz CT molecular complexity index is 699. The van der Waals surface area contributed by atoms with Gasteiger partial charge in [-0.05, 0) is 42.6 Å². The van der Waals surface area contributed by atoms with Gasteiger partial charge in [0.25, 0.3) is 0 Å². The molecule has 4 heteroatoms. The monoisotopic (exact) mass is 353 g/mol. The molecule has 1 saturated heterocycles. The molecule has 0 unspecified atom stereocenters. The smallest absolute Gasteiger partial charge is 0.416 e. The summed E-state index contributed by atoms with van der Waals surface area (Å²) in [6.07, 6.45) is 9.35. The number of carbonyl (C=O) groups is 2. The Morgan fingerprint density at radius 1 is 1.15 bits per heavy atom. The van der Waals surface area contributed by atoms with Crippen molar-refractivity contribution < 1.29 is 14.3 Å². The third kappa shape index (κ3) is 3.17. The summed E-state index contributed by atoms with van der Waals surface area (Å²) in [7, 11) is 0. The Morgan fingerprint density at radius 2 is 1.92 bits per heavy atom. The fourth-order valence-corrected chi connectivity index (χ4v) is 5.04. The Balaban J connectivity index is 1.56. The van der Waals surface area contributed by atoms with E-state index >= 15 is 0 Å². The SMILES string of the molecule is C[C@H]1C=C[C@H]2CCCC[C@@H]2[C@H]1C(=O)N1C(=O)OC[C@@H]1Cc1ccccc1. The first-order valence-corrected chi connectivity index (χ1v) is 9.87. The van der Waals surface area contributed by atoms with Crippen molar-refractivity contribution in [2.24, 2.45) is 23.7 Å². The Kier molecular flexibility index (Phi) is 4.84. The fourth-order valence-electron chi connectivity index (χ4n) is 5.04. The number of allylic oxidation sites excluding steroid dienone is 2. The molecule has 2 aliphatic carbocycles. The van der Waals surface area contributed by atoms with Crippen molar-refractivity contribution in [1.82, 2.24) is 4.90 Å². The lowest BCUT2D eigenvalue weighted by molar-refractivity contribution is -0.138. The molecule has 1 saturated carbocycles. The van der Waals surface area contributed by atoms with Gasteiger partial charge in [0.15, 0.2) is 0 Å². The molecule has 138 valence electrons. The fraction of sp³-hybridized carbons (Fsp3) is 0.545. The van der Waals surface area contributed by atoms with Gasteiger partial charge in [-0.2, -0.15) is 0 Å². The number of cyclic esters (lactones) is 1. The summed E-state index contributed by atoms with van der Waals surface area (Å²) in [6, 6.07) is 9.82. The van der Waals surface area contributed by atoms with Crippen LogP contribution in [0.5, 0.6) is 0 Å². The molecular formula is C22H27NO3. The van der Waals surface area contributed by atoms with Crippen LogP contribution >= 0.6 is 0 Å². The van der Waals surface area contributed by atoms with Crippen LogP contribution in [-0.2, 0) is 16.0 Å². The molecule has 1 aromatic rings. The number of hydrogen-bond donors (Lipinski definition) is 0. The number of hydrogen-bond acceptors (Lipinski definition) is 3. The second kappa shape index (κ2) is 7.26. The first-order valence-electron chi connectivity index (χ1n) is 9.87. The lowest BCUT2D eigenvalue weighted by atomic mass is 9.64. The van der Waals surface area contributed by atoms with Crippen LogP contribution in [0.4, 0.5) is 4.79 Å². The van der Waals surface area contributed by atoms with Gasteiger partial charge in [0, 0.05) is 5.92 Å². The van der Waals surface area contributed by atoms with Gasteiger partial charge in [0.05, 0.1) is 6.04 Å². The van der Waals surface area contributed by atoms with Crippen LogP contribution in [0.15, 0.2) is 42.5 Å². The van der Waals surface area contributed by atoms with Gasteiger partial charge in [-0.3, -0.25) is 4.79 Å². The predicted octanol–water partition coefficient (Wildman–Crippen LogP) is 4.21. The average Bonchev–Trinajstić information content (AvgIpc) is 3.02. The maximum absolute atomic E-state index is 13.5. The zero-order chi connectivity index (χ0) is 18.1. The molecule has 4 rings (SSSR count). The zero-order valence-electron chi connectivity index (χ0n) is 15.3. The molecule has 0 bridgehead atoms. The normalized spacial score (nSPS) is 33.7. The molecular weight excluding hydrogens is 326 g/mol. The largest absolute Gasteiger partial charge is 0.447 e. The van der Waals surface area contributed by atoms with Gasteiger partial charge in [0.2, 0.25) is 5.91 Å². The van der Waals surface area contributed by atoms with Crippen LogP contribution in [0, 0.1) is 23.7 Å². The number of ether oxygens (including phenoxy) is 1. The standard InChI is InChI=1S/C22H27NO3/c1-15-11-12-17-9-5-6-10-19(17)20(15)21(24)23-18(14-26-22(23)25)13-16-7-3-2-4-8-16/h2-4,7-8,11-12,15,17-20H,5-6,9-10,13-14H2,1H3/t15-,17+,18-,19-,20-/m0/s1. The Labute approximate surface area is 155 Å². The lowest BCUT2D eigenvalue weighted by Crippen LogP contribution is -2.49. The average molecular weight is 353 g/mol. The molecule has 3 aliphatic rings. The minimum Gasteiger partial charge on any atom is -0.447 e. The van der Waals surface area contributed by atoms with E-state index in [0.29, 0.717) is 24.9 Å². The number of benzene rings is 1. The Hall–Kier alpha value is -2.10. The summed E-state index contributed by atoms with van der Waals surface area (Å²) >= 11 is 0. The highest BCUT2D eigenvalue weighted by Gasteiger charge is 2.47. The summed E-state index contributed by atoms with van der Waals surface area (Å²) in [4.78, 5) is 27.3. The van der Waals surface area contributed by atoms with Crippen molar-refractivity contribution in [3.8, 4) is 0 Å². The van der Waals surface area contributed by atoms with E-state index in [1.54, 1.807) is 0 Å². The summed E-state index contributed by atoms with van der Waals surface area (Å²) in [5, 5.41) is 0. The van der Waals surface area contributed by atoms with Gasteiger partial charge < -0.3 is 4.74 Å². The quantitative estimate of drug-likeness (QED) is 0.765. The van der Waals surface area contributed by atoms with Crippen LogP contribution in [0.2, 0.25) is 0 Å². The molecule has 2 fully saturated rings. The minimum atomic E-state index is -0.468. The van der Waals surface area contributed by atoms with Crippen LogP contribution in [0.1, 0.15) is 38.2 Å². The first-order chi connectivity index (χ1) is 12.6. The molecule has 1 aromatic carbocycles. The summed E-state index contributed by atoms with van der Waals surface area (Å²) in [6.45, 7) is 2.40. The molecule has 26 heavy (non-hydrogen) atoms. The molecule has 0 spiro atoms. The minimum absolute atomic E-state index is 0.0258. The molecule has 1 aliphatic heterocycles. The molecule has 0 aromatic heterocycles. The van der Waals surface area contributed by atoms with Gasteiger partial charge in [-0.1, -0.05) is 62.2 Å². The van der Waals surface area contributed by atoms with E-state index in [2.05, 4.69) is 19.1 Å². The number of rotatable bonds is 3. The highest BCUT2D eigenvalue weighted by Crippen LogP contribution is 2.44. The number of carbonyl (C=O) groups excluding carboxylic acids is 2. The molecule has 0 radical (unpaired) electrons. The number of imide groups is 1. The molecule has 0 N–H and O–H groups in total. The topological polar surface area (TPSA) is 46.6 Å². The van der Waals surface area contributed by atoms with E-state index in [9.17, 15) is 9.59 Å². The van der Waals surface area contributed by atoms with Crippen molar-refractivity contribution >= 4 is 12.0 Å². The van der Waals surface area contributed by atoms with E-state index < -0.39 is 6.09 Å². The number of amides is 2. The first kappa shape index (κ1) is 17.3. The van der Waals surface area contributed by atoms with E-state index in [0.717, 1.165) is 18.4 Å².